The van der Waals surface area contributed by atoms with E-state index in [1.54, 1.807) is 0 Å². The number of nitrogens with zero attached hydrogens (tertiary/aromatic N) is 1. The first-order valence-corrected chi connectivity index (χ1v) is 6.43. The van der Waals surface area contributed by atoms with E-state index in [-0.39, 0.29) is 0 Å². The quantitative estimate of drug-likeness (QED) is 0.649. The third-order valence-corrected chi connectivity index (χ3v) is 3.17. The van der Waals surface area contributed by atoms with Gasteiger partial charge in [0.1, 0.15) is 0 Å². The Morgan fingerprint density at radius 1 is 0.895 bits per heavy atom. The molecule has 0 fully saturated rings. The van der Waals surface area contributed by atoms with E-state index in [1.807, 2.05) is 41.1 Å². The van der Waals surface area contributed by atoms with Gasteiger partial charge in [0.05, 0.1) is 6.07 Å². The summed E-state index contributed by atoms with van der Waals surface area (Å²) in [4.78, 5) is 0. The van der Waals surface area contributed by atoms with Crippen molar-refractivity contribution in [3.63, 3.8) is 0 Å². The van der Waals surface area contributed by atoms with Gasteiger partial charge in [-0.15, -0.1) is 0 Å². The van der Waals surface area contributed by atoms with Gasteiger partial charge in [0.15, 0.2) is 0 Å². The minimum Gasteiger partial charge on any atom is -0.236 e. The molecule has 94 valence electrons. The van der Waals surface area contributed by atoms with Crippen molar-refractivity contribution in [2.24, 2.45) is 0 Å². The van der Waals surface area contributed by atoms with Gasteiger partial charge in [-0.3, -0.25) is 0 Å². The van der Waals surface area contributed by atoms with E-state index < -0.39 is 0 Å². The maximum Gasteiger partial charge on any atom is 0.229 e. The Morgan fingerprint density at radius 2 is 1.53 bits per heavy atom. The van der Waals surface area contributed by atoms with Crippen LogP contribution in [-0.2, 0) is 6.54 Å². The smallest absolute Gasteiger partial charge is 0.229 e. The van der Waals surface area contributed by atoms with Crippen LogP contribution >= 0.6 is 0 Å². The molecule has 19 heavy (non-hydrogen) atoms. The van der Waals surface area contributed by atoms with E-state index in [9.17, 15) is 0 Å². The zero-order chi connectivity index (χ0) is 13.1. The van der Waals surface area contributed by atoms with Crippen LogP contribution in [0.25, 0.3) is 11.3 Å². The average Bonchev–Trinajstić information content (AvgIpc) is 2.82. The molecule has 0 radical (unpaired) electrons. The summed E-state index contributed by atoms with van der Waals surface area (Å²) in [6.07, 6.45) is 0. The molecule has 2 heteroatoms. The predicted octanol–water partition coefficient (Wildman–Crippen LogP) is 3.59. The maximum absolute atomic E-state index is 5.92. The summed E-state index contributed by atoms with van der Waals surface area (Å²) in [6, 6.07) is 22.6. The van der Waals surface area contributed by atoms with Crippen LogP contribution in [0.5, 0.6) is 0 Å². The molecule has 0 aliphatic carbocycles. The number of rotatable bonds is 3. The molecule has 3 rings (SSSR count). The molecule has 0 atom stereocenters. The van der Waals surface area contributed by atoms with E-state index in [1.165, 1.54) is 5.56 Å². The zero-order valence-corrected chi connectivity index (χ0v) is 10.9. The van der Waals surface area contributed by atoms with Gasteiger partial charge in [0.2, 0.25) is 18.0 Å². The summed E-state index contributed by atoms with van der Waals surface area (Å²) in [7, 11) is 0. The summed E-state index contributed by atoms with van der Waals surface area (Å²) < 4.78 is 7.85. The van der Waals surface area contributed by atoms with E-state index in [0.29, 0.717) is 0 Å². The highest BCUT2D eigenvalue weighted by atomic mass is 16.5. The lowest BCUT2D eigenvalue weighted by Gasteiger charge is -1.94. The molecular weight excluding hydrogens is 234 g/mol. The van der Waals surface area contributed by atoms with Crippen LogP contribution in [0, 0.1) is 6.92 Å². The van der Waals surface area contributed by atoms with Crippen molar-refractivity contribution in [1.82, 2.24) is 0 Å². The third-order valence-electron chi connectivity index (χ3n) is 3.17. The number of aryl methyl sites for hydroxylation is 1. The van der Waals surface area contributed by atoms with Crippen molar-refractivity contribution in [2.75, 3.05) is 0 Å². The standard InChI is InChI=1S/C17H16NO/c1-14-12-17(16-10-6-3-7-11-16)19-18(14)13-15-8-4-2-5-9-15/h2-12H,13H2,1H3/q+1. The number of hydrogen-bond acceptors (Lipinski definition) is 1. The molecule has 3 aromatic rings. The minimum absolute atomic E-state index is 0.763. The molecule has 0 amide bonds. The highest BCUT2D eigenvalue weighted by molar-refractivity contribution is 5.56. The lowest BCUT2D eigenvalue weighted by atomic mass is 10.2. The minimum atomic E-state index is 0.763. The summed E-state index contributed by atoms with van der Waals surface area (Å²) in [5.41, 5.74) is 3.48. The summed E-state index contributed by atoms with van der Waals surface area (Å²) in [5.74, 6) is 0.911. The normalized spacial score (nSPS) is 10.6. The average molecular weight is 250 g/mol. The van der Waals surface area contributed by atoms with Crippen molar-refractivity contribution in [3.05, 3.63) is 78.0 Å². The predicted molar refractivity (Wildman–Crippen MR) is 74.6 cm³/mol. The number of hydrogen-bond donors (Lipinski definition) is 0. The molecule has 2 aromatic carbocycles. The Morgan fingerprint density at radius 3 is 2.21 bits per heavy atom. The Balaban J connectivity index is 1.90. The molecule has 0 unspecified atom stereocenters. The summed E-state index contributed by atoms with van der Waals surface area (Å²) in [5, 5.41) is 0. The second-order valence-electron chi connectivity index (χ2n) is 4.63. The van der Waals surface area contributed by atoms with Crippen molar-refractivity contribution < 1.29 is 9.26 Å². The van der Waals surface area contributed by atoms with Crippen LogP contribution < -0.4 is 4.74 Å². The lowest BCUT2D eigenvalue weighted by Crippen LogP contribution is -2.34. The molecule has 0 aliphatic rings. The van der Waals surface area contributed by atoms with Crippen LogP contribution in [0.4, 0.5) is 0 Å². The largest absolute Gasteiger partial charge is 0.236 e. The fourth-order valence-corrected chi connectivity index (χ4v) is 2.12. The lowest BCUT2D eigenvalue weighted by molar-refractivity contribution is -0.860. The fourth-order valence-electron chi connectivity index (χ4n) is 2.12. The molecular formula is C17H16NO+. The van der Waals surface area contributed by atoms with E-state index in [2.05, 4.69) is 37.3 Å². The van der Waals surface area contributed by atoms with Crippen LogP contribution in [0.3, 0.4) is 0 Å². The van der Waals surface area contributed by atoms with Crippen LogP contribution in [0.1, 0.15) is 11.3 Å². The molecule has 0 spiro atoms. The van der Waals surface area contributed by atoms with Crippen LogP contribution in [-0.4, -0.2) is 0 Å². The Kier molecular flexibility index (Phi) is 3.15. The SMILES string of the molecule is Cc1cc(-c2ccccc2)o[n+]1Cc1ccccc1. The maximum atomic E-state index is 5.92. The van der Waals surface area contributed by atoms with E-state index in [0.717, 1.165) is 23.6 Å². The van der Waals surface area contributed by atoms with Gasteiger partial charge in [0, 0.05) is 18.1 Å². The molecule has 0 saturated heterocycles. The Hall–Kier alpha value is -2.35. The van der Waals surface area contributed by atoms with E-state index >= 15 is 0 Å². The van der Waals surface area contributed by atoms with Crippen molar-refractivity contribution in [3.8, 4) is 11.3 Å². The van der Waals surface area contributed by atoms with Gasteiger partial charge < -0.3 is 0 Å². The topological polar surface area (TPSA) is 17.0 Å². The zero-order valence-electron chi connectivity index (χ0n) is 10.9. The molecule has 0 aliphatic heterocycles. The van der Waals surface area contributed by atoms with E-state index in [4.69, 9.17) is 4.52 Å². The van der Waals surface area contributed by atoms with Gasteiger partial charge >= 0.3 is 0 Å². The van der Waals surface area contributed by atoms with Gasteiger partial charge in [-0.2, -0.15) is 0 Å². The van der Waals surface area contributed by atoms with Gasteiger partial charge in [-0.25, -0.2) is 4.52 Å². The first kappa shape index (κ1) is 11.7. The van der Waals surface area contributed by atoms with Gasteiger partial charge in [-0.1, -0.05) is 60.7 Å². The van der Waals surface area contributed by atoms with Crippen LogP contribution in [0.15, 0.2) is 71.3 Å². The molecule has 2 nitrogen and oxygen atoms in total. The number of benzene rings is 2. The second-order valence-corrected chi connectivity index (χ2v) is 4.63. The Bertz CT molecular complexity index is 656. The van der Waals surface area contributed by atoms with Crippen LogP contribution in [0.2, 0.25) is 0 Å². The summed E-state index contributed by atoms with van der Waals surface area (Å²) >= 11 is 0. The second kappa shape index (κ2) is 5.11. The fraction of sp³-hybridized carbons (Fsp3) is 0.118. The molecule has 0 saturated carbocycles. The number of aromatic nitrogens is 1. The Labute approximate surface area is 112 Å². The first-order valence-electron chi connectivity index (χ1n) is 6.43. The highest BCUT2D eigenvalue weighted by Crippen LogP contribution is 2.18. The molecule has 1 heterocycles. The molecule has 0 N–H and O–H groups in total. The van der Waals surface area contributed by atoms with Crippen molar-refractivity contribution in [2.45, 2.75) is 13.5 Å². The highest BCUT2D eigenvalue weighted by Gasteiger charge is 2.17. The van der Waals surface area contributed by atoms with Gasteiger partial charge in [0.25, 0.3) is 0 Å². The molecule has 1 aromatic heterocycles. The van der Waals surface area contributed by atoms with Gasteiger partial charge in [-0.05, 0) is 4.74 Å². The first-order chi connectivity index (χ1) is 9.33. The molecule has 0 bridgehead atoms. The van der Waals surface area contributed by atoms with Crippen molar-refractivity contribution >= 4 is 0 Å². The summed E-state index contributed by atoms with van der Waals surface area (Å²) in [6.45, 7) is 2.83. The van der Waals surface area contributed by atoms with Crippen molar-refractivity contribution in [1.29, 1.82) is 0 Å². The monoisotopic (exact) mass is 250 g/mol. The third kappa shape index (κ3) is 2.58.